The number of hydrogen-bond donors (Lipinski definition) is 1. The molecule has 1 saturated heterocycles. The molecule has 2 aromatic rings. The van der Waals surface area contributed by atoms with Gasteiger partial charge >= 0.3 is 6.03 Å². The van der Waals surface area contributed by atoms with E-state index < -0.39 is 0 Å². The summed E-state index contributed by atoms with van der Waals surface area (Å²) in [5.74, 6) is -0.158. The number of hydrogen-bond acceptors (Lipinski definition) is 1. The van der Waals surface area contributed by atoms with Gasteiger partial charge in [-0.3, -0.25) is 0 Å². The Morgan fingerprint density at radius 3 is 2.67 bits per heavy atom. The lowest BCUT2D eigenvalue weighted by Crippen LogP contribution is -2.44. The molecule has 2 amide bonds. The molecule has 27 heavy (non-hydrogen) atoms. The number of carbonyl (C=O) groups excluding carboxylic acids is 1. The van der Waals surface area contributed by atoms with Crippen LogP contribution < -0.4 is 5.32 Å². The average molecular weight is 366 g/mol. The molecule has 3 nitrogen and oxygen atoms in total. The predicted octanol–water partition coefficient (Wildman–Crippen LogP) is 5.01. The number of carbonyl (C=O) groups is 1. The third-order valence-electron chi connectivity index (χ3n) is 5.98. The van der Waals surface area contributed by atoms with Crippen molar-refractivity contribution in [3.8, 4) is 11.1 Å². The Morgan fingerprint density at radius 2 is 1.96 bits per heavy atom. The van der Waals surface area contributed by atoms with Crippen LogP contribution in [0.3, 0.4) is 0 Å². The van der Waals surface area contributed by atoms with Crippen molar-refractivity contribution in [2.24, 2.45) is 5.41 Å². The van der Waals surface area contributed by atoms with E-state index in [0.717, 1.165) is 24.9 Å². The summed E-state index contributed by atoms with van der Waals surface area (Å²) in [7, 11) is 0. The van der Waals surface area contributed by atoms with Crippen LogP contribution >= 0.6 is 0 Å². The van der Waals surface area contributed by atoms with E-state index >= 15 is 4.39 Å². The van der Waals surface area contributed by atoms with Gasteiger partial charge in [-0.05, 0) is 48.6 Å². The maximum absolute atomic E-state index is 15.2. The first-order chi connectivity index (χ1) is 13.1. The highest BCUT2D eigenvalue weighted by Gasteiger charge is 2.53. The molecule has 0 aromatic heterocycles. The van der Waals surface area contributed by atoms with E-state index in [0.29, 0.717) is 29.5 Å². The number of urea groups is 1. The summed E-state index contributed by atoms with van der Waals surface area (Å²) in [6.45, 7) is 3.55. The van der Waals surface area contributed by atoms with Crippen LogP contribution in [0.25, 0.3) is 11.1 Å². The van der Waals surface area contributed by atoms with Crippen molar-refractivity contribution in [2.75, 3.05) is 13.1 Å². The highest BCUT2D eigenvalue weighted by Crippen LogP contribution is 2.55. The Balaban J connectivity index is 1.56. The normalized spacial score (nSPS) is 20.1. The molecule has 1 N–H and O–H groups in total. The molecule has 0 bridgehead atoms. The maximum Gasteiger partial charge on any atom is 0.317 e. The third-order valence-corrected chi connectivity index (χ3v) is 5.98. The molecular formula is C23H27FN2O. The van der Waals surface area contributed by atoms with Crippen molar-refractivity contribution in [3.63, 3.8) is 0 Å². The SMILES string of the molecule is CCCNC(=O)N1CC2(CC2)C[C@@H]1Cc1cccc(-c2ccccc2)c1F. The number of likely N-dealkylation sites (tertiary alicyclic amines) is 1. The van der Waals surface area contributed by atoms with Gasteiger partial charge in [-0.25, -0.2) is 9.18 Å². The van der Waals surface area contributed by atoms with Gasteiger partial charge in [-0.2, -0.15) is 0 Å². The summed E-state index contributed by atoms with van der Waals surface area (Å²) >= 11 is 0. The first-order valence-corrected chi connectivity index (χ1v) is 9.99. The van der Waals surface area contributed by atoms with E-state index in [9.17, 15) is 4.79 Å². The lowest BCUT2D eigenvalue weighted by molar-refractivity contribution is 0.190. The van der Waals surface area contributed by atoms with Crippen LogP contribution in [0.1, 0.15) is 38.2 Å². The number of halogens is 1. The number of benzene rings is 2. The molecule has 0 radical (unpaired) electrons. The topological polar surface area (TPSA) is 32.3 Å². The molecule has 1 saturated carbocycles. The molecular weight excluding hydrogens is 339 g/mol. The zero-order valence-corrected chi connectivity index (χ0v) is 15.9. The molecule has 1 heterocycles. The van der Waals surface area contributed by atoms with Crippen molar-refractivity contribution in [3.05, 3.63) is 59.9 Å². The third kappa shape index (κ3) is 3.71. The van der Waals surface area contributed by atoms with E-state index in [2.05, 4.69) is 12.2 Å². The molecule has 1 aliphatic heterocycles. The van der Waals surface area contributed by atoms with Crippen molar-refractivity contribution in [2.45, 2.75) is 45.1 Å². The fourth-order valence-electron chi connectivity index (χ4n) is 4.29. The van der Waals surface area contributed by atoms with Crippen LogP contribution in [0.15, 0.2) is 48.5 Å². The highest BCUT2D eigenvalue weighted by atomic mass is 19.1. The molecule has 0 unspecified atom stereocenters. The summed E-state index contributed by atoms with van der Waals surface area (Å²) in [5.41, 5.74) is 2.52. The number of rotatable bonds is 5. The molecule has 1 spiro atoms. The fourth-order valence-corrected chi connectivity index (χ4v) is 4.29. The number of nitrogens with zero attached hydrogens (tertiary/aromatic N) is 1. The second kappa shape index (κ2) is 7.34. The van der Waals surface area contributed by atoms with E-state index in [-0.39, 0.29) is 17.9 Å². The molecule has 2 fully saturated rings. The maximum atomic E-state index is 15.2. The molecule has 2 aromatic carbocycles. The van der Waals surface area contributed by atoms with Gasteiger partial charge in [0.1, 0.15) is 5.82 Å². The Kier molecular flexibility index (Phi) is 4.90. The molecule has 2 aliphatic rings. The van der Waals surface area contributed by atoms with Gasteiger partial charge in [0.2, 0.25) is 0 Å². The summed E-state index contributed by atoms with van der Waals surface area (Å²) < 4.78 is 15.2. The molecule has 4 rings (SSSR count). The first-order valence-electron chi connectivity index (χ1n) is 9.99. The van der Waals surface area contributed by atoms with Gasteiger partial charge < -0.3 is 10.2 Å². The van der Waals surface area contributed by atoms with Gasteiger partial charge in [0.25, 0.3) is 0 Å². The van der Waals surface area contributed by atoms with Crippen molar-refractivity contribution in [1.82, 2.24) is 10.2 Å². The van der Waals surface area contributed by atoms with Crippen molar-refractivity contribution < 1.29 is 9.18 Å². The van der Waals surface area contributed by atoms with Gasteiger partial charge in [-0.1, -0.05) is 55.5 Å². The fraction of sp³-hybridized carbons (Fsp3) is 0.435. The van der Waals surface area contributed by atoms with Gasteiger partial charge in [0, 0.05) is 24.7 Å². The Morgan fingerprint density at radius 1 is 1.19 bits per heavy atom. The lowest BCUT2D eigenvalue weighted by atomic mass is 9.95. The van der Waals surface area contributed by atoms with Gasteiger partial charge in [0.15, 0.2) is 0 Å². The highest BCUT2D eigenvalue weighted by molar-refractivity contribution is 5.75. The zero-order chi connectivity index (χ0) is 18.9. The van der Waals surface area contributed by atoms with E-state index in [1.807, 2.05) is 53.4 Å². The van der Waals surface area contributed by atoms with E-state index in [4.69, 9.17) is 0 Å². The van der Waals surface area contributed by atoms with E-state index in [1.165, 1.54) is 12.8 Å². The predicted molar refractivity (Wildman–Crippen MR) is 106 cm³/mol. The van der Waals surface area contributed by atoms with Crippen molar-refractivity contribution >= 4 is 6.03 Å². The minimum atomic E-state index is -0.158. The second-order valence-electron chi connectivity index (χ2n) is 8.07. The largest absolute Gasteiger partial charge is 0.338 e. The summed E-state index contributed by atoms with van der Waals surface area (Å²) in [6.07, 6.45) is 4.86. The lowest BCUT2D eigenvalue weighted by Gasteiger charge is -2.25. The first kappa shape index (κ1) is 18.0. The summed E-state index contributed by atoms with van der Waals surface area (Å²) in [4.78, 5) is 14.6. The van der Waals surface area contributed by atoms with Crippen LogP contribution in [-0.2, 0) is 6.42 Å². The molecule has 142 valence electrons. The Bertz CT molecular complexity index is 816. The number of nitrogens with one attached hydrogen (secondary N) is 1. The summed E-state index contributed by atoms with van der Waals surface area (Å²) in [6, 6.07) is 15.3. The Labute approximate surface area is 160 Å². The van der Waals surface area contributed by atoms with Gasteiger partial charge in [0.05, 0.1) is 0 Å². The average Bonchev–Trinajstić information content (AvgIpc) is 3.35. The minimum absolute atomic E-state index is 0.00486. The number of amides is 2. The molecule has 1 aliphatic carbocycles. The van der Waals surface area contributed by atoms with Gasteiger partial charge in [-0.15, -0.1) is 0 Å². The molecule has 4 heteroatoms. The Hall–Kier alpha value is -2.36. The quantitative estimate of drug-likeness (QED) is 0.793. The monoisotopic (exact) mass is 366 g/mol. The standard InChI is InChI=1S/C23H27FN2O/c1-2-13-25-22(27)26-16-23(11-12-23)15-19(26)14-18-9-6-10-20(21(18)24)17-7-4-3-5-8-17/h3-10,19H,2,11-16H2,1H3,(H,25,27)/t19-/m0/s1. The van der Waals surface area contributed by atoms with Crippen molar-refractivity contribution in [1.29, 1.82) is 0 Å². The zero-order valence-electron chi connectivity index (χ0n) is 15.9. The van der Waals surface area contributed by atoms with Crippen LogP contribution in [0, 0.1) is 11.2 Å². The molecule has 1 atom stereocenters. The van der Waals surface area contributed by atoms with Crippen LogP contribution in [-0.4, -0.2) is 30.1 Å². The second-order valence-corrected chi connectivity index (χ2v) is 8.07. The minimum Gasteiger partial charge on any atom is -0.338 e. The van der Waals surface area contributed by atoms with Crippen LogP contribution in [0.4, 0.5) is 9.18 Å². The smallest absolute Gasteiger partial charge is 0.317 e. The van der Waals surface area contributed by atoms with Crippen LogP contribution in [0.2, 0.25) is 0 Å². The summed E-state index contributed by atoms with van der Waals surface area (Å²) in [5, 5.41) is 3.00. The van der Waals surface area contributed by atoms with Crippen LogP contribution in [0.5, 0.6) is 0 Å². The van der Waals surface area contributed by atoms with E-state index in [1.54, 1.807) is 0 Å².